The molecule has 0 aliphatic rings. The molecule has 1 aromatic carbocycles. The summed E-state index contributed by atoms with van der Waals surface area (Å²) in [5.74, 6) is -0.411. The normalized spacial score (nSPS) is 13.8. The topological polar surface area (TPSA) is 107 Å². The van der Waals surface area contributed by atoms with Gasteiger partial charge >= 0.3 is 0 Å². The fraction of sp³-hybridized carbons (Fsp3) is 0.333. The van der Waals surface area contributed by atoms with Gasteiger partial charge in [0.1, 0.15) is 5.82 Å². The Morgan fingerprint density at radius 1 is 1.38 bits per heavy atom. The molecule has 2 rings (SSSR count). The average molecular weight is 288 g/mol. The van der Waals surface area contributed by atoms with E-state index < -0.39 is 12.0 Å². The van der Waals surface area contributed by atoms with Crippen LogP contribution in [0.1, 0.15) is 35.4 Å². The van der Waals surface area contributed by atoms with Crippen LogP contribution in [0.3, 0.4) is 0 Å². The molecule has 6 heteroatoms. The van der Waals surface area contributed by atoms with Gasteiger partial charge in [0.15, 0.2) is 5.69 Å². The number of nitrogens with two attached hydrogens (primary N) is 2. The highest BCUT2D eigenvalue weighted by molar-refractivity contribution is 5.95. The van der Waals surface area contributed by atoms with Crippen molar-refractivity contribution in [3.63, 3.8) is 0 Å². The number of aliphatic hydroxyl groups excluding tert-OH is 1. The maximum Gasteiger partial charge on any atom is 0.271 e. The molecule has 0 saturated carbocycles. The summed E-state index contributed by atoms with van der Waals surface area (Å²) in [5, 5.41) is 9.70. The first-order chi connectivity index (χ1) is 9.99. The number of hydrogen-bond acceptors (Lipinski definition) is 4. The number of aromatic nitrogens is 2. The Morgan fingerprint density at radius 2 is 2.05 bits per heavy atom. The molecule has 0 saturated heterocycles. The van der Waals surface area contributed by atoms with E-state index in [0.717, 1.165) is 5.56 Å². The molecule has 1 heterocycles. The Hall–Kier alpha value is -2.34. The molecule has 112 valence electrons. The maximum atomic E-state index is 11.3. The first-order valence-electron chi connectivity index (χ1n) is 6.83. The summed E-state index contributed by atoms with van der Waals surface area (Å²) < 4.78 is 1.71. The molecule has 1 amide bonds. The van der Waals surface area contributed by atoms with Crippen molar-refractivity contribution < 1.29 is 9.90 Å². The highest BCUT2D eigenvalue weighted by atomic mass is 16.3. The Bertz CT molecular complexity index is 607. The lowest BCUT2D eigenvalue weighted by atomic mass is 10.0. The number of imidazole rings is 1. The fourth-order valence-corrected chi connectivity index (χ4v) is 2.43. The lowest BCUT2D eigenvalue weighted by Gasteiger charge is -2.21. The predicted molar refractivity (Wildman–Crippen MR) is 80.6 cm³/mol. The minimum atomic E-state index is -0.651. The molecule has 2 unspecified atom stereocenters. The highest BCUT2D eigenvalue weighted by Gasteiger charge is 2.20. The largest absolute Gasteiger partial charge is 0.393 e. The van der Waals surface area contributed by atoms with E-state index >= 15 is 0 Å². The van der Waals surface area contributed by atoms with Crippen molar-refractivity contribution in [2.24, 2.45) is 5.73 Å². The lowest BCUT2D eigenvalue weighted by Crippen LogP contribution is -2.20. The molecule has 2 aromatic rings. The second-order valence-corrected chi connectivity index (χ2v) is 5.18. The van der Waals surface area contributed by atoms with Crippen molar-refractivity contribution in [1.29, 1.82) is 0 Å². The van der Waals surface area contributed by atoms with Crippen LogP contribution in [-0.2, 0) is 6.42 Å². The second kappa shape index (κ2) is 6.41. The minimum absolute atomic E-state index is 0.0682. The number of anilines is 1. The number of carbonyl (C=O) groups is 1. The summed E-state index contributed by atoms with van der Waals surface area (Å²) in [5.41, 5.74) is 12.4. The molecule has 0 bridgehead atoms. The number of carbonyl (C=O) groups excluding carboxylic acids is 1. The van der Waals surface area contributed by atoms with Gasteiger partial charge in [0, 0.05) is 6.04 Å². The lowest BCUT2D eigenvalue weighted by molar-refractivity contribution is 0.0997. The van der Waals surface area contributed by atoms with Crippen molar-refractivity contribution in [3.8, 4) is 0 Å². The first kappa shape index (κ1) is 15.1. The van der Waals surface area contributed by atoms with Crippen LogP contribution in [-0.4, -0.2) is 26.7 Å². The Kier molecular flexibility index (Phi) is 4.59. The number of rotatable bonds is 6. The van der Waals surface area contributed by atoms with Crippen LogP contribution in [0.15, 0.2) is 36.7 Å². The van der Waals surface area contributed by atoms with E-state index in [2.05, 4.69) is 4.98 Å². The molecular formula is C15H20N4O2. The van der Waals surface area contributed by atoms with Crippen LogP contribution < -0.4 is 11.5 Å². The smallest absolute Gasteiger partial charge is 0.271 e. The van der Waals surface area contributed by atoms with Crippen molar-refractivity contribution in [3.05, 3.63) is 47.9 Å². The zero-order chi connectivity index (χ0) is 15.4. The van der Waals surface area contributed by atoms with Gasteiger partial charge in [-0.05, 0) is 25.3 Å². The van der Waals surface area contributed by atoms with Crippen molar-refractivity contribution in [2.45, 2.75) is 31.9 Å². The van der Waals surface area contributed by atoms with Gasteiger partial charge in [-0.25, -0.2) is 4.98 Å². The van der Waals surface area contributed by atoms with Crippen molar-refractivity contribution in [1.82, 2.24) is 9.55 Å². The number of nitrogen functional groups attached to an aromatic ring is 1. The Labute approximate surface area is 123 Å². The third-order valence-electron chi connectivity index (χ3n) is 3.39. The van der Waals surface area contributed by atoms with Gasteiger partial charge in [0.2, 0.25) is 0 Å². The summed E-state index contributed by atoms with van der Waals surface area (Å²) in [6, 6.07) is 9.80. The zero-order valence-electron chi connectivity index (χ0n) is 11.9. The van der Waals surface area contributed by atoms with Gasteiger partial charge in [0.05, 0.1) is 12.4 Å². The van der Waals surface area contributed by atoms with E-state index in [1.54, 1.807) is 11.5 Å². The monoisotopic (exact) mass is 288 g/mol. The zero-order valence-corrected chi connectivity index (χ0v) is 11.9. The average Bonchev–Trinajstić information content (AvgIpc) is 2.80. The summed E-state index contributed by atoms with van der Waals surface area (Å²) in [6.07, 6.45) is 2.21. The van der Waals surface area contributed by atoms with Crippen LogP contribution in [0, 0.1) is 0 Å². The number of aliphatic hydroxyl groups is 1. The molecule has 0 spiro atoms. The molecule has 21 heavy (non-hydrogen) atoms. The van der Waals surface area contributed by atoms with Gasteiger partial charge in [-0.15, -0.1) is 0 Å². The number of amides is 1. The number of hydrogen-bond donors (Lipinski definition) is 3. The quantitative estimate of drug-likeness (QED) is 0.740. The predicted octanol–water partition coefficient (Wildman–Crippen LogP) is 1.12. The third-order valence-corrected chi connectivity index (χ3v) is 3.39. The van der Waals surface area contributed by atoms with E-state index in [1.165, 1.54) is 6.33 Å². The molecule has 0 aliphatic heterocycles. The van der Waals surface area contributed by atoms with Gasteiger partial charge in [-0.1, -0.05) is 30.3 Å². The standard InChI is InChI=1S/C15H20N4O2/c1-10(20)7-12(8-11-5-3-2-4-6-11)19-9-18-13(14(19)16)15(17)21/h2-6,9-10,12,20H,7-8,16H2,1H3,(H2,17,21). The summed E-state index contributed by atoms with van der Waals surface area (Å²) in [6.45, 7) is 1.72. The Balaban J connectivity index is 2.30. The molecule has 1 aromatic heterocycles. The van der Waals surface area contributed by atoms with Crippen molar-refractivity contribution >= 4 is 11.7 Å². The number of primary amides is 1. The van der Waals surface area contributed by atoms with Gasteiger partial charge < -0.3 is 21.1 Å². The SMILES string of the molecule is CC(O)CC(Cc1ccccc1)n1cnc(C(N)=O)c1N. The first-order valence-corrected chi connectivity index (χ1v) is 6.83. The van der Waals surface area contributed by atoms with E-state index in [4.69, 9.17) is 11.5 Å². The molecule has 5 N–H and O–H groups in total. The Morgan fingerprint density at radius 3 is 2.57 bits per heavy atom. The molecule has 0 fully saturated rings. The second-order valence-electron chi connectivity index (χ2n) is 5.18. The van der Waals surface area contributed by atoms with Gasteiger partial charge in [0.25, 0.3) is 5.91 Å². The van der Waals surface area contributed by atoms with Crippen LogP contribution in [0.5, 0.6) is 0 Å². The van der Waals surface area contributed by atoms with Crippen molar-refractivity contribution in [2.75, 3.05) is 5.73 Å². The van der Waals surface area contributed by atoms with E-state index in [1.807, 2.05) is 30.3 Å². The maximum absolute atomic E-state index is 11.3. The van der Waals surface area contributed by atoms with E-state index in [-0.39, 0.29) is 17.6 Å². The van der Waals surface area contributed by atoms with E-state index in [0.29, 0.717) is 12.8 Å². The summed E-state index contributed by atoms with van der Waals surface area (Å²) in [7, 11) is 0. The molecule has 0 radical (unpaired) electrons. The minimum Gasteiger partial charge on any atom is -0.393 e. The molecular weight excluding hydrogens is 268 g/mol. The fourth-order valence-electron chi connectivity index (χ4n) is 2.43. The molecule has 6 nitrogen and oxygen atoms in total. The molecule has 0 aliphatic carbocycles. The third kappa shape index (κ3) is 3.61. The van der Waals surface area contributed by atoms with Gasteiger partial charge in [-0.2, -0.15) is 0 Å². The van der Waals surface area contributed by atoms with Crippen LogP contribution in [0.25, 0.3) is 0 Å². The van der Waals surface area contributed by atoms with E-state index in [9.17, 15) is 9.90 Å². The number of nitrogens with zero attached hydrogens (tertiary/aromatic N) is 2. The molecule has 2 atom stereocenters. The highest BCUT2D eigenvalue weighted by Crippen LogP contribution is 2.24. The number of benzene rings is 1. The van der Waals surface area contributed by atoms with Gasteiger partial charge in [-0.3, -0.25) is 4.79 Å². The van der Waals surface area contributed by atoms with Crippen LogP contribution >= 0.6 is 0 Å². The van der Waals surface area contributed by atoms with Crippen LogP contribution in [0.2, 0.25) is 0 Å². The summed E-state index contributed by atoms with van der Waals surface area (Å²) in [4.78, 5) is 15.2. The summed E-state index contributed by atoms with van der Waals surface area (Å²) >= 11 is 0. The van der Waals surface area contributed by atoms with Crippen LogP contribution in [0.4, 0.5) is 5.82 Å².